The number of amides is 2. The van der Waals surface area contributed by atoms with E-state index in [0.717, 1.165) is 12.8 Å². The summed E-state index contributed by atoms with van der Waals surface area (Å²) in [6.07, 6.45) is 1.42. The quantitative estimate of drug-likeness (QED) is 0.731. The molecule has 0 radical (unpaired) electrons. The lowest BCUT2D eigenvalue weighted by molar-refractivity contribution is -0.173. The summed E-state index contributed by atoms with van der Waals surface area (Å²) in [5, 5.41) is 1.30. The number of ether oxygens (including phenoxy) is 1. The van der Waals surface area contributed by atoms with E-state index in [1.165, 1.54) is 12.2 Å². The number of rotatable bonds is 2. The number of hydrogen-bond donors (Lipinski definition) is 0. The lowest BCUT2D eigenvalue weighted by Gasteiger charge is -2.25. The van der Waals surface area contributed by atoms with Crippen molar-refractivity contribution in [3.8, 4) is 0 Å². The fraction of sp³-hybridized carbons (Fsp3) is 0.867. The molecule has 6 heteroatoms. The van der Waals surface area contributed by atoms with Crippen LogP contribution in [0.2, 0.25) is 0 Å². The maximum absolute atomic E-state index is 12.1. The molecule has 3 atom stereocenters. The minimum atomic E-state index is -0.464. The highest BCUT2D eigenvalue weighted by atomic mass is 16.7. The molecule has 0 aromatic rings. The number of hydrogen-bond acceptors (Lipinski definition) is 4. The minimum Gasteiger partial charge on any atom is -0.444 e. The normalized spacial score (nSPS) is 28.4. The van der Waals surface area contributed by atoms with Crippen LogP contribution in [0.25, 0.3) is 0 Å². The van der Waals surface area contributed by atoms with Crippen molar-refractivity contribution in [1.29, 1.82) is 0 Å². The average molecular weight is 298 g/mol. The third kappa shape index (κ3) is 3.67. The second kappa shape index (κ2) is 5.83. The van der Waals surface area contributed by atoms with Crippen LogP contribution in [-0.2, 0) is 14.4 Å². The van der Waals surface area contributed by atoms with Crippen LogP contribution in [-0.4, -0.2) is 54.8 Å². The molecule has 21 heavy (non-hydrogen) atoms. The Kier molecular flexibility index (Phi) is 4.46. The molecule has 0 spiro atoms. The molecule has 1 aliphatic heterocycles. The van der Waals surface area contributed by atoms with Crippen LogP contribution in [0.4, 0.5) is 4.79 Å². The number of fused-ring (bicyclic) bond motifs is 1. The molecular weight excluding hydrogens is 272 g/mol. The Balaban J connectivity index is 1.87. The Hall–Kier alpha value is -1.30. The largest absolute Gasteiger partial charge is 0.444 e. The van der Waals surface area contributed by atoms with Crippen molar-refractivity contribution in [3.63, 3.8) is 0 Å². The summed E-state index contributed by atoms with van der Waals surface area (Å²) in [5.74, 6) is 0.856. The van der Waals surface area contributed by atoms with Gasteiger partial charge in [-0.2, -0.15) is 0 Å². The Morgan fingerprint density at radius 1 is 1.14 bits per heavy atom. The first-order valence-corrected chi connectivity index (χ1v) is 7.51. The maximum Gasteiger partial charge on any atom is 0.410 e. The van der Waals surface area contributed by atoms with Crippen LogP contribution in [0, 0.1) is 17.8 Å². The highest BCUT2D eigenvalue weighted by Crippen LogP contribution is 2.42. The van der Waals surface area contributed by atoms with Crippen LogP contribution >= 0.6 is 0 Å². The van der Waals surface area contributed by atoms with Crippen LogP contribution in [0.5, 0.6) is 0 Å². The highest BCUT2D eigenvalue weighted by molar-refractivity contribution is 5.78. The molecule has 1 aliphatic carbocycles. The van der Waals surface area contributed by atoms with E-state index < -0.39 is 5.60 Å². The first-order valence-electron chi connectivity index (χ1n) is 7.51. The van der Waals surface area contributed by atoms with E-state index in [9.17, 15) is 9.59 Å². The molecule has 2 fully saturated rings. The van der Waals surface area contributed by atoms with Crippen LogP contribution in [0.15, 0.2) is 0 Å². The van der Waals surface area contributed by atoms with E-state index in [-0.39, 0.29) is 17.9 Å². The number of likely N-dealkylation sites (tertiary alicyclic amines) is 1. The number of nitrogens with zero attached hydrogens (tertiary/aromatic N) is 2. The summed E-state index contributed by atoms with van der Waals surface area (Å²) in [6.45, 7) is 7.01. The molecule has 1 heterocycles. The van der Waals surface area contributed by atoms with E-state index in [0.29, 0.717) is 24.9 Å². The monoisotopic (exact) mass is 298 g/mol. The van der Waals surface area contributed by atoms with Crippen molar-refractivity contribution < 1.29 is 19.2 Å². The lowest BCUT2D eigenvalue weighted by Crippen LogP contribution is -2.37. The second-order valence-corrected chi connectivity index (χ2v) is 7.09. The van der Waals surface area contributed by atoms with Gasteiger partial charge in [-0.3, -0.25) is 9.63 Å². The molecule has 0 aromatic carbocycles. The third-order valence-electron chi connectivity index (χ3n) is 4.34. The molecular formula is C15H26N2O4. The van der Waals surface area contributed by atoms with Crippen LogP contribution < -0.4 is 0 Å². The van der Waals surface area contributed by atoms with Gasteiger partial charge in [0.1, 0.15) is 5.60 Å². The summed E-state index contributed by atoms with van der Waals surface area (Å²) in [4.78, 5) is 30.9. The SMILES string of the molecule is CON(C)C(=O)C1C[C@@H]2CN(C(=O)OC(C)(C)C)C[C@@H]2C1. The molecule has 1 saturated carbocycles. The molecule has 1 unspecified atom stereocenters. The van der Waals surface area contributed by atoms with Crippen molar-refractivity contribution >= 4 is 12.0 Å². The zero-order valence-electron chi connectivity index (χ0n) is 13.6. The van der Waals surface area contributed by atoms with E-state index in [2.05, 4.69) is 0 Å². The van der Waals surface area contributed by atoms with Gasteiger partial charge in [0, 0.05) is 26.1 Å². The van der Waals surface area contributed by atoms with E-state index in [1.807, 2.05) is 20.8 Å². The standard InChI is InChI=1S/C15H26N2O4/c1-15(2,3)21-14(19)17-8-11-6-10(7-12(11)9-17)13(18)16(4)20-5/h10-12H,6-9H2,1-5H3/t10?,11-,12+. The fourth-order valence-electron chi connectivity index (χ4n) is 3.32. The fourth-order valence-corrected chi connectivity index (χ4v) is 3.32. The van der Waals surface area contributed by atoms with Gasteiger partial charge in [0.05, 0.1) is 7.11 Å². The van der Waals surface area contributed by atoms with Gasteiger partial charge in [-0.25, -0.2) is 9.86 Å². The summed E-state index contributed by atoms with van der Waals surface area (Å²) < 4.78 is 5.41. The van der Waals surface area contributed by atoms with Crippen molar-refractivity contribution in [2.45, 2.75) is 39.2 Å². The van der Waals surface area contributed by atoms with E-state index >= 15 is 0 Å². The summed E-state index contributed by atoms with van der Waals surface area (Å²) >= 11 is 0. The molecule has 1 saturated heterocycles. The Labute approximate surface area is 126 Å². The highest BCUT2D eigenvalue weighted by Gasteiger charge is 2.45. The third-order valence-corrected chi connectivity index (χ3v) is 4.34. The molecule has 0 bridgehead atoms. The Morgan fingerprint density at radius 2 is 1.67 bits per heavy atom. The number of hydroxylamine groups is 2. The summed E-state index contributed by atoms with van der Waals surface area (Å²) in [6, 6.07) is 0. The molecule has 6 nitrogen and oxygen atoms in total. The summed E-state index contributed by atoms with van der Waals surface area (Å²) in [7, 11) is 3.14. The number of carbonyl (C=O) groups excluding carboxylic acids is 2. The Bertz CT molecular complexity index is 404. The van der Waals surface area contributed by atoms with Crippen molar-refractivity contribution in [1.82, 2.24) is 9.96 Å². The molecule has 2 amide bonds. The van der Waals surface area contributed by atoms with Crippen molar-refractivity contribution in [2.75, 3.05) is 27.2 Å². The molecule has 0 N–H and O–H groups in total. The zero-order valence-corrected chi connectivity index (χ0v) is 13.6. The maximum atomic E-state index is 12.1. The van der Waals surface area contributed by atoms with Gasteiger partial charge < -0.3 is 9.64 Å². The van der Waals surface area contributed by atoms with E-state index in [4.69, 9.17) is 9.57 Å². The predicted molar refractivity (Wildman–Crippen MR) is 77.3 cm³/mol. The van der Waals surface area contributed by atoms with Gasteiger partial charge in [-0.05, 0) is 45.4 Å². The van der Waals surface area contributed by atoms with Gasteiger partial charge in [0.2, 0.25) is 5.91 Å². The average Bonchev–Trinajstić information content (AvgIpc) is 2.92. The second-order valence-electron chi connectivity index (χ2n) is 7.09. The molecule has 2 rings (SSSR count). The van der Waals surface area contributed by atoms with Gasteiger partial charge in [-0.15, -0.1) is 0 Å². The molecule has 120 valence electrons. The zero-order chi connectivity index (χ0) is 15.8. The first-order chi connectivity index (χ1) is 9.71. The molecule has 2 aliphatic rings. The summed E-state index contributed by atoms with van der Waals surface area (Å²) in [5.41, 5.74) is -0.464. The smallest absolute Gasteiger partial charge is 0.410 e. The predicted octanol–water partition coefficient (Wildman–Crippen LogP) is 1.90. The minimum absolute atomic E-state index is 0.0192. The van der Waals surface area contributed by atoms with Crippen LogP contribution in [0.3, 0.4) is 0 Å². The van der Waals surface area contributed by atoms with Gasteiger partial charge >= 0.3 is 6.09 Å². The van der Waals surface area contributed by atoms with Gasteiger partial charge in [-0.1, -0.05) is 0 Å². The number of carbonyl (C=O) groups is 2. The van der Waals surface area contributed by atoms with Crippen LogP contribution in [0.1, 0.15) is 33.6 Å². The Morgan fingerprint density at radius 3 is 2.10 bits per heavy atom. The van der Waals surface area contributed by atoms with Gasteiger partial charge in [0.25, 0.3) is 0 Å². The van der Waals surface area contributed by atoms with Gasteiger partial charge in [0.15, 0.2) is 0 Å². The topological polar surface area (TPSA) is 59.1 Å². The van der Waals surface area contributed by atoms with Crippen molar-refractivity contribution in [3.05, 3.63) is 0 Å². The lowest BCUT2D eigenvalue weighted by atomic mass is 10.0. The van der Waals surface area contributed by atoms with Crippen molar-refractivity contribution in [2.24, 2.45) is 17.8 Å². The van der Waals surface area contributed by atoms with E-state index in [1.54, 1.807) is 11.9 Å². The molecule has 0 aromatic heterocycles. The first kappa shape index (κ1) is 16.1.